The van der Waals surface area contributed by atoms with Gasteiger partial charge in [0.25, 0.3) is 0 Å². The van der Waals surface area contributed by atoms with E-state index < -0.39 is 0 Å². The van der Waals surface area contributed by atoms with Gasteiger partial charge in [-0.25, -0.2) is 0 Å². The van der Waals surface area contributed by atoms with Gasteiger partial charge < -0.3 is 19.3 Å². The molecule has 0 spiro atoms. The third kappa shape index (κ3) is 13.4. The first-order chi connectivity index (χ1) is 36.8. The summed E-state index contributed by atoms with van der Waals surface area (Å²) in [6.07, 6.45) is 10.1. The van der Waals surface area contributed by atoms with E-state index in [0.717, 1.165) is 102 Å². The lowest BCUT2D eigenvalue weighted by Gasteiger charge is -2.27. The summed E-state index contributed by atoms with van der Waals surface area (Å²) in [4.78, 5) is 7.27. The molecule has 378 valence electrons. The van der Waals surface area contributed by atoms with Crippen molar-refractivity contribution in [2.45, 2.75) is 86.0 Å². The van der Waals surface area contributed by atoms with Crippen molar-refractivity contribution in [2.75, 3.05) is 16.4 Å². The highest BCUT2D eigenvalue weighted by atomic mass is 32.1. The Labute approximate surface area is 450 Å². The maximum Gasteiger partial charge on any atom is 0.0721 e. The summed E-state index contributed by atoms with van der Waals surface area (Å²) in [6, 6.07) is 71.2. The van der Waals surface area contributed by atoms with E-state index in [4.69, 9.17) is 9.47 Å². The summed E-state index contributed by atoms with van der Waals surface area (Å²) in [5.41, 5.74) is 21.5. The van der Waals surface area contributed by atoms with Gasteiger partial charge in [0.05, 0.1) is 19.8 Å². The molecule has 0 aliphatic heterocycles. The smallest absolute Gasteiger partial charge is 0.0721 e. The van der Waals surface area contributed by atoms with Crippen molar-refractivity contribution in [3.63, 3.8) is 0 Å². The minimum absolute atomic E-state index is 0.544. The Morgan fingerprint density at radius 3 is 1.08 bits per heavy atom. The minimum Gasteiger partial charge on any atom is -0.377 e. The maximum atomic E-state index is 6.13. The second-order valence-corrected chi connectivity index (χ2v) is 20.6. The van der Waals surface area contributed by atoms with Crippen LogP contribution < -0.4 is 9.80 Å². The van der Waals surface area contributed by atoms with E-state index in [9.17, 15) is 0 Å². The van der Waals surface area contributed by atoms with Gasteiger partial charge in [-0.15, -0.1) is 11.3 Å². The van der Waals surface area contributed by atoms with Crippen LogP contribution in [-0.2, 0) is 48.6 Å². The molecular formula is C70H70N2O2S. The van der Waals surface area contributed by atoms with Gasteiger partial charge in [0.2, 0.25) is 0 Å². The zero-order valence-corrected chi connectivity index (χ0v) is 45.1. The highest BCUT2D eigenvalue weighted by Crippen LogP contribution is 2.43. The predicted octanol–water partition coefficient (Wildman–Crippen LogP) is 19.7. The number of thiophene rings is 1. The van der Waals surface area contributed by atoms with E-state index in [1.165, 1.54) is 54.3 Å². The molecule has 0 atom stereocenters. The van der Waals surface area contributed by atoms with Gasteiger partial charge in [-0.2, -0.15) is 0 Å². The maximum absolute atomic E-state index is 6.13. The number of benzene rings is 8. The Morgan fingerprint density at radius 2 is 0.720 bits per heavy atom. The minimum atomic E-state index is 0.544. The van der Waals surface area contributed by atoms with Crippen molar-refractivity contribution in [1.82, 2.24) is 0 Å². The van der Waals surface area contributed by atoms with E-state index >= 15 is 0 Å². The Morgan fingerprint density at radius 1 is 0.387 bits per heavy atom. The van der Waals surface area contributed by atoms with Crippen LogP contribution in [-0.4, -0.2) is 6.61 Å². The monoisotopic (exact) mass is 1000 g/mol. The quantitative estimate of drug-likeness (QED) is 0.0563. The Balaban J connectivity index is 0.910. The predicted molar refractivity (Wildman–Crippen MR) is 322 cm³/mol. The lowest BCUT2D eigenvalue weighted by atomic mass is 10.0. The van der Waals surface area contributed by atoms with E-state index in [1.54, 1.807) is 0 Å². The highest BCUT2D eigenvalue weighted by Gasteiger charge is 2.18. The van der Waals surface area contributed by atoms with Crippen molar-refractivity contribution in [1.29, 1.82) is 0 Å². The number of aryl methyl sites for hydroxylation is 5. The molecule has 0 radical (unpaired) electrons. The zero-order chi connectivity index (χ0) is 51.9. The molecule has 0 aliphatic rings. The average Bonchev–Trinajstić information content (AvgIpc) is 3.93. The molecule has 8 aromatic carbocycles. The van der Waals surface area contributed by atoms with Crippen molar-refractivity contribution < 1.29 is 9.47 Å². The number of nitrogens with zero attached hydrogens (tertiary/aromatic N) is 2. The molecule has 9 rings (SSSR count). The topological polar surface area (TPSA) is 24.9 Å². The molecule has 0 fully saturated rings. The van der Waals surface area contributed by atoms with E-state index in [2.05, 4.69) is 245 Å². The van der Waals surface area contributed by atoms with Crippen LogP contribution in [0.5, 0.6) is 0 Å². The number of rotatable bonds is 24. The Kier molecular flexibility index (Phi) is 17.9. The third-order valence-electron chi connectivity index (χ3n) is 13.9. The Hall–Kier alpha value is -7.54. The normalized spacial score (nSPS) is 11.1. The number of ether oxygens (including phenoxy) is 2. The van der Waals surface area contributed by atoms with Gasteiger partial charge >= 0.3 is 0 Å². The molecule has 5 heteroatoms. The van der Waals surface area contributed by atoms with Crippen LogP contribution in [0.25, 0.3) is 33.0 Å². The summed E-state index contributed by atoms with van der Waals surface area (Å²) in [6.45, 7) is 19.1. The molecule has 0 amide bonds. The SMILES string of the molecule is C=Cc1ccc(COCCCc2ccc(N(c3ccc(CCC)cc3)c3ccc(-c4ccc(-c5ccc(N(c6ccc(CCC)cc6)c6ccc(COCc7ccc(C=C)cc7)cc6)cc5C)s4)c(C)c3)cc2)cc1. The van der Waals surface area contributed by atoms with Crippen molar-refractivity contribution in [3.05, 3.63) is 263 Å². The van der Waals surface area contributed by atoms with Crippen LogP contribution in [0.4, 0.5) is 34.1 Å². The number of anilines is 6. The molecule has 1 heterocycles. The second kappa shape index (κ2) is 25.6. The molecule has 0 bridgehead atoms. The zero-order valence-electron chi connectivity index (χ0n) is 44.2. The van der Waals surface area contributed by atoms with E-state index in [0.29, 0.717) is 19.8 Å². The molecule has 0 unspecified atom stereocenters. The summed E-state index contributed by atoms with van der Waals surface area (Å²) in [5, 5.41) is 0. The summed E-state index contributed by atoms with van der Waals surface area (Å²) < 4.78 is 12.2. The van der Waals surface area contributed by atoms with Crippen LogP contribution in [0.2, 0.25) is 0 Å². The molecule has 1 aromatic heterocycles. The van der Waals surface area contributed by atoms with Crippen molar-refractivity contribution in [3.8, 4) is 20.9 Å². The molecule has 0 saturated carbocycles. The van der Waals surface area contributed by atoms with Crippen LogP contribution in [0.1, 0.15) is 88.7 Å². The largest absolute Gasteiger partial charge is 0.377 e. The van der Waals surface area contributed by atoms with Crippen LogP contribution in [0, 0.1) is 13.8 Å². The van der Waals surface area contributed by atoms with Gasteiger partial charge in [-0.3, -0.25) is 0 Å². The molecule has 75 heavy (non-hydrogen) atoms. The molecular weight excluding hydrogens is 933 g/mol. The first-order valence-corrected chi connectivity index (χ1v) is 27.5. The first kappa shape index (κ1) is 52.3. The van der Waals surface area contributed by atoms with Crippen LogP contribution >= 0.6 is 11.3 Å². The average molecular weight is 1000 g/mol. The van der Waals surface area contributed by atoms with Gasteiger partial charge in [0, 0.05) is 50.5 Å². The van der Waals surface area contributed by atoms with Crippen molar-refractivity contribution >= 4 is 57.6 Å². The second-order valence-electron chi connectivity index (χ2n) is 19.5. The molecule has 0 saturated heterocycles. The standard InChI is InChI=1S/C70H70N2O2S/c1-7-12-55-23-31-61(32-24-55)71(63-35-27-57(28-36-63)14-11-45-73-48-58-19-15-53(9-3)16-20-58)65-39-41-67(51(5)46-65)69-43-44-70(75-69)68-42-40-66(47-52(68)6)72(62-33-25-56(13-8-2)26-34-62)64-37-29-60(30-38-64)50-74-49-59-21-17-54(10-4)18-22-59/h9-10,15-44,46-47H,3-4,7-8,11-14,45,48-50H2,1-2,5-6H3. The lowest BCUT2D eigenvalue weighted by molar-refractivity contribution is 0.107. The molecule has 0 aliphatic carbocycles. The van der Waals surface area contributed by atoms with Crippen molar-refractivity contribution in [2.24, 2.45) is 0 Å². The Bertz CT molecular complexity index is 3260. The fourth-order valence-electron chi connectivity index (χ4n) is 9.76. The van der Waals surface area contributed by atoms with E-state index in [-0.39, 0.29) is 0 Å². The van der Waals surface area contributed by atoms with E-state index in [1.807, 2.05) is 23.5 Å². The van der Waals surface area contributed by atoms with Gasteiger partial charge in [0.15, 0.2) is 0 Å². The first-order valence-electron chi connectivity index (χ1n) is 26.6. The lowest BCUT2D eigenvalue weighted by Crippen LogP contribution is -2.10. The fourth-order valence-corrected chi connectivity index (χ4v) is 10.9. The summed E-state index contributed by atoms with van der Waals surface area (Å²) >= 11 is 1.86. The van der Waals surface area contributed by atoms with Crippen LogP contribution in [0.3, 0.4) is 0 Å². The van der Waals surface area contributed by atoms with Gasteiger partial charge in [-0.1, -0.05) is 161 Å². The van der Waals surface area contributed by atoms with Gasteiger partial charge in [-0.05, 0) is 191 Å². The molecule has 9 aromatic rings. The van der Waals surface area contributed by atoms with Crippen LogP contribution in [0.15, 0.2) is 207 Å². The summed E-state index contributed by atoms with van der Waals surface area (Å²) in [7, 11) is 0. The fraction of sp³-hybridized carbons (Fsp3) is 0.200. The molecule has 4 nitrogen and oxygen atoms in total. The van der Waals surface area contributed by atoms with Gasteiger partial charge in [0.1, 0.15) is 0 Å². The highest BCUT2D eigenvalue weighted by molar-refractivity contribution is 7.18. The molecule has 0 N–H and O–H groups in total. The summed E-state index contributed by atoms with van der Waals surface area (Å²) in [5.74, 6) is 0. The third-order valence-corrected chi connectivity index (χ3v) is 15.1. The number of hydrogen-bond acceptors (Lipinski definition) is 5. The number of hydrogen-bond donors (Lipinski definition) is 0.